The number of carbonyl (C=O) groups excluding carboxylic acids is 1. The van der Waals surface area contributed by atoms with Crippen LogP contribution >= 0.6 is 11.6 Å². The van der Waals surface area contributed by atoms with Crippen LogP contribution in [0.4, 0.5) is 13.2 Å². The molecule has 2 atom stereocenters. The summed E-state index contributed by atoms with van der Waals surface area (Å²) in [6, 6.07) is 1.24. The Morgan fingerprint density at radius 3 is 2.67 bits per heavy atom. The molecule has 2 rings (SSSR count). The Morgan fingerprint density at radius 2 is 2.07 bits per heavy atom. The highest BCUT2D eigenvalue weighted by atomic mass is 35.5. The molecule has 2 heterocycles. The van der Waals surface area contributed by atoms with Crippen molar-refractivity contribution in [2.24, 2.45) is 0 Å². The summed E-state index contributed by atoms with van der Waals surface area (Å²) in [5.41, 5.74) is 0.160. The van der Waals surface area contributed by atoms with Gasteiger partial charge in [0.2, 0.25) is 5.88 Å². The van der Waals surface area contributed by atoms with Crippen molar-refractivity contribution in [3.8, 4) is 5.88 Å². The molecule has 1 aromatic rings. The van der Waals surface area contributed by atoms with Crippen molar-refractivity contribution in [3.05, 3.63) is 22.8 Å². The molecule has 1 saturated heterocycles. The van der Waals surface area contributed by atoms with Gasteiger partial charge in [0.25, 0.3) is 5.91 Å². The number of rotatable bonds is 7. The summed E-state index contributed by atoms with van der Waals surface area (Å²) in [7, 11) is 0. The number of hydrogen-bond acceptors (Lipinski definition) is 5. The first-order valence-corrected chi connectivity index (χ1v) is 9.03. The summed E-state index contributed by atoms with van der Waals surface area (Å²) in [6.45, 7) is 5.58. The van der Waals surface area contributed by atoms with E-state index in [1.165, 1.54) is 6.07 Å². The van der Waals surface area contributed by atoms with Gasteiger partial charge in [0.15, 0.2) is 6.61 Å². The number of hydrogen-bond donors (Lipinski definition) is 1. The third-order valence-corrected chi connectivity index (χ3v) is 4.14. The second-order valence-corrected chi connectivity index (χ2v) is 6.95. The van der Waals surface area contributed by atoms with E-state index >= 15 is 0 Å². The number of halogens is 4. The van der Waals surface area contributed by atoms with Crippen LogP contribution in [0.5, 0.6) is 5.88 Å². The van der Waals surface area contributed by atoms with E-state index in [4.69, 9.17) is 16.3 Å². The zero-order chi connectivity index (χ0) is 20.0. The Morgan fingerprint density at radius 1 is 1.41 bits per heavy atom. The molecule has 27 heavy (non-hydrogen) atoms. The molecule has 0 aliphatic carbocycles. The minimum atomic E-state index is -4.49. The fourth-order valence-electron chi connectivity index (χ4n) is 2.88. The van der Waals surface area contributed by atoms with Crippen molar-refractivity contribution < 1.29 is 27.4 Å². The number of amides is 1. The number of morpholine rings is 1. The third kappa shape index (κ3) is 7.51. The van der Waals surface area contributed by atoms with Crippen molar-refractivity contribution >= 4 is 17.5 Å². The molecule has 1 amide bonds. The predicted octanol–water partition coefficient (Wildman–Crippen LogP) is 2.91. The molecule has 0 radical (unpaired) electrons. The van der Waals surface area contributed by atoms with Gasteiger partial charge < -0.3 is 14.8 Å². The van der Waals surface area contributed by atoms with E-state index in [-0.39, 0.29) is 28.7 Å². The van der Waals surface area contributed by atoms with Crippen molar-refractivity contribution in [1.82, 2.24) is 15.2 Å². The average molecular weight is 410 g/mol. The van der Waals surface area contributed by atoms with Crippen LogP contribution in [0.2, 0.25) is 5.02 Å². The fraction of sp³-hybridized carbons (Fsp3) is 0.647. The molecule has 6 nitrogen and oxygen atoms in total. The Balaban J connectivity index is 1.76. The van der Waals surface area contributed by atoms with E-state index in [1.54, 1.807) is 0 Å². The van der Waals surface area contributed by atoms with Crippen LogP contribution in [-0.4, -0.2) is 67.0 Å². The van der Waals surface area contributed by atoms with E-state index in [1.807, 2.05) is 13.8 Å². The first kappa shape index (κ1) is 21.7. The summed E-state index contributed by atoms with van der Waals surface area (Å²) in [4.78, 5) is 18.1. The molecule has 0 spiro atoms. The molecule has 1 aliphatic heterocycles. The number of carbonyl (C=O) groups is 1. The van der Waals surface area contributed by atoms with Gasteiger partial charge in [-0.05, 0) is 26.3 Å². The Kier molecular flexibility index (Phi) is 7.69. The normalized spacial score (nSPS) is 21.1. The smallest absolute Gasteiger partial charge is 0.422 e. The van der Waals surface area contributed by atoms with Gasteiger partial charge in [-0.1, -0.05) is 11.6 Å². The quantitative estimate of drug-likeness (QED) is 0.701. The summed E-state index contributed by atoms with van der Waals surface area (Å²) in [5.74, 6) is -0.753. The van der Waals surface area contributed by atoms with Crippen molar-refractivity contribution in [2.45, 2.75) is 38.7 Å². The molecule has 0 unspecified atom stereocenters. The molecule has 0 saturated carbocycles. The minimum absolute atomic E-state index is 0.150. The van der Waals surface area contributed by atoms with Crippen LogP contribution in [0, 0.1) is 0 Å². The molecular weight excluding hydrogens is 387 g/mol. The third-order valence-electron chi connectivity index (χ3n) is 3.87. The van der Waals surface area contributed by atoms with Gasteiger partial charge in [-0.25, -0.2) is 4.98 Å². The topological polar surface area (TPSA) is 63.7 Å². The fourth-order valence-corrected chi connectivity index (χ4v) is 3.10. The van der Waals surface area contributed by atoms with E-state index in [9.17, 15) is 18.0 Å². The van der Waals surface area contributed by atoms with Crippen molar-refractivity contribution in [2.75, 3.05) is 32.8 Å². The van der Waals surface area contributed by atoms with Gasteiger partial charge in [-0.3, -0.25) is 9.69 Å². The molecular formula is C17H23ClF3N3O3. The second-order valence-electron chi connectivity index (χ2n) is 6.54. The van der Waals surface area contributed by atoms with Gasteiger partial charge in [0, 0.05) is 32.4 Å². The van der Waals surface area contributed by atoms with Gasteiger partial charge in [0.1, 0.15) is 5.02 Å². The first-order chi connectivity index (χ1) is 12.6. The molecule has 0 bridgehead atoms. The first-order valence-electron chi connectivity index (χ1n) is 8.65. The Hall–Kier alpha value is -1.58. The lowest BCUT2D eigenvalue weighted by Crippen LogP contribution is -2.46. The lowest BCUT2D eigenvalue weighted by atomic mass is 10.2. The van der Waals surface area contributed by atoms with E-state index < -0.39 is 18.7 Å². The van der Waals surface area contributed by atoms with Crippen LogP contribution in [0.15, 0.2) is 12.3 Å². The molecule has 10 heteroatoms. The molecule has 0 aromatic carbocycles. The maximum atomic E-state index is 12.2. The predicted molar refractivity (Wildman–Crippen MR) is 94.2 cm³/mol. The van der Waals surface area contributed by atoms with Crippen LogP contribution in [0.25, 0.3) is 0 Å². The lowest BCUT2D eigenvalue weighted by molar-refractivity contribution is -0.154. The van der Waals surface area contributed by atoms with Gasteiger partial charge in [-0.15, -0.1) is 0 Å². The molecule has 1 aliphatic rings. The van der Waals surface area contributed by atoms with Gasteiger partial charge in [0.05, 0.1) is 17.8 Å². The van der Waals surface area contributed by atoms with Crippen LogP contribution in [0.3, 0.4) is 0 Å². The highest BCUT2D eigenvalue weighted by Gasteiger charge is 2.29. The highest BCUT2D eigenvalue weighted by molar-refractivity contribution is 6.32. The largest absolute Gasteiger partial charge is 0.467 e. The minimum Gasteiger partial charge on any atom is -0.467 e. The van der Waals surface area contributed by atoms with Crippen molar-refractivity contribution in [1.29, 1.82) is 0 Å². The maximum absolute atomic E-state index is 12.2. The Labute approximate surface area is 161 Å². The number of ether oxygens (including phenoxy) is 2. The SMILES string of the molecule is C[C@H]1CN(CCCNC(=O)c2cnc(OCC(F)(F)F)c(Cl)c2)C[C@H](C)O1. The van der Waals surface area contributed by atoms with E-state index in [0.29, 0.717) is 6.54 Å². The highest BCUT2D eigenvalue weighted by Crippen LogP contribution is 2.25. The molecule has 152 valence electrons. The summed E-state index contributed by atoms with van der Waals surface area (Å²) >= 11 is 5.84. The number of alkyl halides is 3. The number of nitrogens with zero attached hydrogens (tertiary/aromatic N) is 2. The van der Waals surface area contributed by atoms with E-state index in [0.717, 1.165) is 32.3 Å². The van der Waals surface area contributed by atoms with Gasteiger partial charge in [-0.2, -0.15) is 13.2 Å². The Bertz CT molecular complexity index is 636. The summed E-state index contributed by atoms with van der Waals surface area (Å²) in [6.07, 6.45) is -2.21. The number of nitrogens with one attached hydrogen (secondary N) is 1. The lowest BCUT2D eigenvalue weighted by Gasteiger charge is -2.35. The van der Waals surface area contributed by atoms with Crippen LogP contribution < -0.4 is 10.1 Å². The van der Waals surface area contributed by atoms with Crippen LogP contribution in [0.1, 0.15) is 30.6 Å². The second kappa shape index (κ2) is 9.57. The molecule has 1 fully saturated rings. The zero-order valence-electron chi connectivity index (χ0n) is 15.2. The summed E-state index contributed by atoms with van der Waals surface area (Å²) < 4.78 is 46.7. The number of pyridine rings is 1. The van der Waals surface area contributed by atoms with Crippen LogP contribution in [-0.2, 0) is 4.74 Å². The maximum Gasteiger partial charge on any atom is 0.422 e. The molecule has 1 aromatic heterocycles. The summed E-state index contributed by atoms with van der Waals surface area (Å²) in [5, 5.41) is 2.60. The standard InChI is InChI=1S/C17H23ClF3N3O3/c1-11-8-24(9-12(2)27-11)5-3-4-22-15(25)13-6-14(18)16(23-7-13)26-10-17(19,20)21/h6-7,11-12H,3-5,8-10H2,1-2H3,(H,22,25)/t11-,12-/m0/s1. The van der Waals surface area contributed by atoms with Gasteiger partial charge >= 0.3 is 6.18 Å². The average Bonchev–Trinajstić information content (AvgIpc) is 2.55. The van der Waals surface area contributed by atoms with Crippen molar-refractivity contribution in [3.63, 3.8) is 0 Å². The molecule has 1 N–H and O–H groups in total. The zero-order valence-corrected chi connectivity index (χ0v) is 15.9. The van der Waals surface area contributed by atoms with E-state index in [2.05, 4.69) is 19.9 Å². The number of aromatic nitrogens is 1. The monoisotopic (exact) mass is 409 g/mol.